The number of carbonyl (C=O) groups excluding carboxylic acids is 1. The molecule has 108 valence electrons. The van der Waals surface area contributed by atoms with Crippen LogP contribution in [0.1, 0.15) is 30.7 Å². The van der Waals surface area contributed by atoms with Gasteiger partial charge in [0.15, 0.2) is 0 Å². The molecule has 0 amide bonds. The molecule has 4 atom stereocenters. The van der Waals surface area contributed by atoms with Crippen molar-refractivity contribution in [3.63, 3.8) is 0 Å². The van der Waals surface area contributed by atoms with Gasteiger partial charge in [0.1, 0.15) is 5.82 Å². The van der Waals surface area contributed by atoms with Crippen molar-refractivity contribution in [2.24, 2.45) is 5.92 Å². The third kappa shape index (κ3) is 2.12. The molecule has 2 bridgehead atoms. The second-order valence-electron chi connectivity index (χ2n) is 5.91. The maximum absolute atomic E-state index is 13.1. The van der Waals surface area contributed by atoms with Crippen LogP contribution in [0.15, 0.2) is 24.3 Å². The van der Waals surface area contributed by atoms with Crippen molar-refractivity contribution in [2.45, 2.75) is 37.3 Å². The maximum Gasteiger partial charge on any atom is 0.310 e. The Labute approximate surface area is 118 Å². The van der Waals surface area contributed by atoms with Crippen molar-refractivity contribution in [3.8, 4) is 0 Å². The zero-order chi connectivity index (χ0) is 14.3. The van der Waals surface area contributed by atoms with E-state index in [0.29, 0.717) is 6.04 Å². The fourth-order valence-corrected chi connectivity index (χ4v) is 3.98. The van der Waals surface area contributed by atoms with Gasteiger partial charge in [-0.1, -0.05) is 12.1 Å². The van der Waals surface area contributed by atoms with Gasteiger partial charge in [0.05, 0.1) is 13.0 Å². The molecule has 0 saturated carbocycles. The summed E-state index contributed by atoms with van der Waals surface area (Å²) in [5.74, 6) is -0.387. The number of ether oxygens (including phenoxy) is 1. The molecule has 2 unspecified atom stereocenters. The molecule has 2 saturated heterocycles. The predicted octanol–water partition coefficient (Wildman–Crippen LogP) is 2.57. The standard InChI is InChI=1S/C16H20FNO2/c1-18-12-7-8-14(18)15(16(19)20-2)13(9-12)10-3-5-11(17)6-4-10/h3-6,12-15H,7-9H2,1-2H3/t12-,13?,14+,15?/m1/s1. The number of halogens is 1. The third-order valence-corrected chi connectivity index (χ3v) is 5.04. The molecule has 3 rings (SSSR count). The highest BCUT2D eigenvalue weighted by Crippen LogP contribution is 2.46. The summed E-state index contributed by atoms with van der Waals surface area (Å²) in [4.78, 5) is 14.5. The highest BCUT2D eigenvalue weighted by atomic mass is 19.1. The lowest BCUT2D eigenvalue weighted by Crippen LogP contribution is -2.49. The molecule has 2 fully saturated rings. The fraction of sp³-hybridized carbons (Fsp3) is 0.562. The molecule has 0 aliphatic carbocycles. The van der Waals surface area contributed by atoms with Gasteiger partial charge in [-0.2, -0.15) is 0 Å². The molecule has 0 spiro atoms. The van der Waals surface area contributed by atoms with E-state index in [9.17, 15) is 9.18 Å². The fourth-order valence-electron chi connectivity index (χ4n) is 3.98. The van der Waals surface area contributed by atoms with Crippen LogP contribution in [0.3, 0.4) is 0 Å². The molecule has 2 aliphatic heterocycles. The summed E-state index contributed by atoms with van der Waals surface area (Å²) in [5.41, 5.74) is 1.05. The molecule has 0 radical (unpaired) electrons. The Morgan fingerprint density at radius 2 is 2.00 bits per heavy atom. The van der Waals surface area contributed by atoms with E-state index in [1.54, 1.807) is 12.1 Å². The van der Waals surface area contributed by atoms with Crippen LogP contribution in [-0.4, -0.2) is 37.1 Å². The van der Waals surface area contributed by atoms with E-state index in [0.717, 1.165) is 24.8 Å². The monoisotopic (exact) mass is 277 g/mol. The van der Waals surface area contributed by atoms with Gasteiger partial charge in [-0.05, 0) is 44.0 Å². The summed E-state index contributed by atoms with van der Waals surface area (Å²) in [7, 11) is 3.55. The van der Waals surface area contributed by atoms with Crippen molar-refractivity contribution < 1.29 is 13.9 Å². The van der Waals surface area contributed by atoms with E-state index < -0.39 is 0 Å². The molecule has 0 aromatic heterocycles. The number of benzene rings is 1. The van der Waals surface area contributed by atoms with Gasteiger partial charge in [-0.25, -0.2) is 4.39 Å². The summed E-state index contributed by atoms with van der Waals surface area (Å²) in [6.45, 7) is 0. The topological polar surface area (TPSA) is 29.5 Å². The largest absolute Gasteiger partial charge is 0.469 e. The molecular weight excluding hydrogens is 257 g/mol. The van der Waals surface area contributed by atoms with Crippen molar-refractivity contribution in [1.29, 1.82) is 0 Å². The minimum absolute atomic E-state index is 0.136. The van der Waals surface area contributed by atoms with Crippen LogP contribution >= 0.6 is 0 Å². The number of esters is 1. The second-order valence-corrected chi connectivity index (χ2v) is 5.91. The quantitative estimate of drug-likeness (QED) is 0.778. The van der Waals surface area contributed by atoms with Crippen molar-refractivity contribution in [2.75, 3.05) is 14.2 Å². The van der Waals surface area contributed by atoms with Crippen LogP contribution in [0.4, 0.5) is 4.39 Å². The lowest BCUT2D eigenvalue weighted by molar-refractivity contribution is -0.150. The van der Waals surface area contributed by atoms with Gasteiger partial charge in [-0.15, -0.1) is 0 Å². The van der Waals surface area contributed by atoms with Crippen molar-refractivity contribution >= 4 is 5.97 Å². The smallest absolute Gasteiger partial charge is 0.310 e. The van der Waals surface area contributed by atoms with Crippen LogP contribution in [0.5, 0.6) is 0 Å². The number of hydrogen-bond acceptors (Lipinski definition) is 3. The molecule has 2 heterocycles. The lowest BCUT2D eigenvalue weighted by Gasteiger charge is -2.41. The Morgan fingerprint density at radius 3 is 2.65 bits per heavy atom. The van der Waals surface area contributed by atoms with E-state index in [1.807, 2.05) is 0 Å². The highest BCUT2D eigenvalue weighted by molar-refractivity contribution is 5.75. The summed E-state index contributed by atoms with van der Waals surface area (Å²) in [5, 5.41) is 0. The summed E-state index contributed by atoms with van der Waals surface area (Å²) in [6, 6.07) is 7.34. The van der Waals surface area contributed by atoms with E-state index in [-0.39, 0.29) is 29.7 Å². The average molecular weight is 277 g/mol. The van der Waals surface area contributed by atoms with E-state index >= 15 is 0 Å². The molecule has 20 heavy (non-hydrogen) atoms. The van der Waals surface area contributed by atoms with E-state index in [4.69, 9.17) is 4.74 Å². The van der Waals surface area contributed by atoms with Gasteiger partial charge >= 0.3 is 5.97 Å². The SMILES string of the molecule is COC(=O)C1C(c2ccc(F)cc2)C[C@H]2CC[C@@H]1N2C. The van der Waals surface area contributed by atoms with Crippen LogP contribution in [-0.2, 0) is 9.53 Å². The molecule has 0 N–H and O–H groups in total. The summed E-state index contributed by atoms with van der Waals surface area (Å²) >= 11 is 0. The van der Waals surface area contributed by atoms with Gasteiger partial charge in [0, 0.05) is 18.0 Å². The van der Waals surface area contributed by atoms with Crippen LogP contribution < -0.4 is 0 Å². The Balaban J connectivity index is 1.95. The normalized spacial score (nSPS) is 33.1. The number of nitrogens with zero attached hydrogens (tertiary/aromatic N) is 1. The predicted molar refractivity (Wildman–Crippen MR) is 73.8 cm³/mol. The number of carbonyl (C=O) groups is 1. The van der Waals surface area contributed by atoms with E-state index in [1.165, 1.54) is 19.2 Å². The van der Waals surface area contributed by atoms with Gasteiger partial charge < -0.3 is 4.74 Å². The maximum atomic E-state index is 13.1. The second kappa shape index (κ2) is 5.17. The van der Waals surface area contributed by atoms with Crippen LogP contribution in [0.2, 0.25) is 0 Å². The minimum Gasteiger partial charge on any atom is -0.469 e. The summed E-state index contributed by atoms with van der Waals surface area (Å²) < 4.78 is 18.1. The van der Waals surface area contributed by atoms with Crippen LogP contribution in [0, 0.1) is 11.7 Å². The Morgan fingerprint density at radius 1 is 1.30 bits per heavy atom. The first-order valence-corrected chi connectivity index (χ1v) is 7.17. The van der Waals surface area contributed by atoms with Gasteiger partial charge in [0.2, 0.25) is 0 Å². The van der Waals surface area contributed by atoms with Crippen LogP contribution in [0.25, 0.3) is 0 Å². The molecule has 3 nitrogen and oxygen atoms in total. The Kier molecular flexibility index (Phi) is 3.50. The number of methoxy groups -OCH3 is 1. The minimum atomic E-state index is -0.237. The molecule has 1 aromatic carbocycles. The third-order valence-electron chi connectivity index (χ3n) is 5.04. The van der Waals surface area contributed by atoms with Crippen molar-refractivity contribution in [3.05, 3.63) is 35.6 Å². The number of rotatable bonds is 2. The average Bonchev–Trinajstić information content (AvgIpc) is 2.70. The van der Waals surface area contributed by atoms with E-state index in [2.05, 4.69) is 11.9 Å². The molecular formula is C16H20FNO2. The van der Waals surface area contributed by atoms with Gasteiger partial charge in [-0.3, -0.25) is 9.69 Å². The van der Waals surface area contributed by atoms with Crippen molar-refractivity contribution in [1.82, 2.24) is 4.90 Å². The zero-order valence-corrected chi connectivity index (χ0v) is 11.9. The molecule has 4 heteroatoms. The summed E-state index contributed by atoms with van der Waals surface area (Å²) in [6.07, 6.45) is 3.11. The molecule has 2 aliphatic rings. The first kappa shape index (κ1) is 13.6. The lowest BCUT2D eigenvalue weighted by atomic mass is 9.76. The number of piperidine rings is 1. The first-order valence-electron chi connectivity index (χ1n) is 7.17. The number of fused-ring (bicyclic) bond motifs is 2. The first-order chi connectivity index (χ1) is 9.61. The van der Waals surface area contributed by atoms with Gasteiger partial charge in [0.25, 0.3) is 0 Å². The Hall–Kier alpha value is -1.42. The Bertz CT molecular complexity index is 502. The highest BCUT2D eigenvalue weighted by Gasteiger charge is 2.49. The molecule has 1 aromatic rings. The zero-order valence-electron chi connectivity index (χ0n) is 11.9. The number of hydrogen-bond donors (Lipinski definition) is 0.